The molecule has 1 unspecified atom stereocenters. The van der Waals surface area contributed by atoms with Gasteiger partial charge in [0.2, 0.25) is 5.75 Å². The first kappa shape index (κ1) is 35.1. The molecule has 4 atom stereocenters. The van der Waals surface area contributed by atoms with E-state index in [1.54, 1.807) is 45.4 Å². The van der Waals surface area contributed by atoms with Crippen LogP contribution in [0.3, 0.4) is 0 Å². The lowest BCUT2D eigenvalue weighted by molar-refractivity contribution is -0.0916. The molecule has 0 saturated carbocycles. The summed E-state index contributed by atoms with van der Waals surface area (Å²) in [7, 11) is 0.458. The van der Waals surface area contributed by atoms with Crippen LogP contribution in [-0.4, -0.2) is 42.6 Å². The van der Waals surface area contributed by atoms with Crippen molar-refractivity contribution in [3.05, 3.63) is 157 Å². The maximum absolute atomic E-state index is 13.3. The van der Waals surface area contributed by atoms with E-state index in [-0.39, 0.29) is 23.8 Å². The molecule has 258 valence electrons. The topological polar surface area (TPSA) is 127 Å². The summed E-state index contributed by atoms with van der Waals surface area (Å²) in [6.45, 7) is 1.50. The first-order valence-electron chi connectivity index (χ1n) is 15.7. The molecule has 1 fully saturated rings. The first-order valence-corrected chi connectivity index (χ1v) is 17.2. The van der Waals surface area contributed by atoms with Crippen LogP contribution in [0.15, 0.2) is 119 Å². The lowest BCUT2D eigenvalue weighted by Crippen LogP contribution is -2.38. The number of benzene rings is 4. The number of rotatable bonds is 13. The standard InChI is InChI=1S/C37H34ClN2O9P/c1-24-22-40(36(42)39-35(24)41)34-21-32(49-50(43)48-31-12-8-7-11-30(31)38)33(47-34)23-46-37(25-9-5-4-6-10-25,26-13-17-28(44-2)18-14-26)27-15-19-29(45-3)20-16-27/h4-20,22,32-34H,21,23H2,1-3H3/p+1/t32-,33+,34+/m0/s1. The Bertz CT molecular complexity index is 2010. The van der Waals surface area contributed by atoms with Crippen LogP contribution in [0.4, 0.5) is 0 Å². The summed E-state index contributed by atoms with van der Waals surface area (Å²) in [4.78, 5) is 27.4. The number of hydrogen-bond acceptors (Lipinski definition) is 9. The molecule has 50 heavy (non-hydrogen) atoms. The normalized spacial score (nSPS) is 17.7. The van der Waals surface area contributed by atoms with Crippen molar-refractivity contribution >= 4 is 19.9 Å². The molecule has 0 bridgehead atoms. The number of para-hydroxylation sites is 1. The summed E-state index contributed by atoms with van der Waals surface area (Å²) < 4.78 is 50.5. The second-order valence-corrected chi connectivity index (χ2v) is 12.8. The highest BCUT2D eigenvalue weighted by Gasteiger charge is 2.47. The number of nitrogens with zero attached hydrogens (tertiary/aromatic N) is 1. The SMILES string of the molecule is COc1ccc(C(OC[C@H]2O[C@@H](n3cc(C)c(=O)[nH]c3=O)C[C@@H]2O[P+](=O)Oc2ccccc2Cl)(c2ccccc2)c2ccc(OC)cc2)cc1. The molecule has 6 rings (SSSR count). The minimum atomic E-state index is -2.74. The second kappa shape index (κ2) is 15.4. The van der Waals surface area contributed by atoms with Gasteiger partial charge in [0.15, 0.2) is 0 Å². The molecule has 13 heteroatoms. The molecular weight excluding hydrogens is 683 g/mol. The van der Waals surface area contributed by atoms with Crippen molar-refractivity contribution in [2.75, 3.05) is 20.8 Å². The van der Waals surface area contributed by atoms with Crippen LogP contribution < -0.4 is 25.2 Å². The molecule has 5 aromatic rings. The lowest BCUT2D eigenvalue weighted by atomic mass is 9.80. The van der Waals surface area contributed by atoms with E-state index in [1.165, 1.54) is 10.8 Å². The van der Waals surface area contributed by atoms with Gasteiger partial charge in [-0.25, -0.2) is 9.32 Å². The van der Waals surface area contributed by atoms with Gasteiger partial charge in [0.25, 0.3) is 5.56 Å². The number of ether oxygens (including phenoxy) is 4. The highest BCUT2D eigenvalue weighted by atomic mass is 35.5. The molecular formula is C37H35ClN2O9P+. The number of aromatic amines is 1. The van der Waals surface area contributed by atoms with E-state index in [4.69, 9.17) is 39.6 Å². The molecule has 0 aliphatic carbocycles. The average molecular weight is 718 g/mol. The van der Waals surface area contributed by atoms with Crippen LogP contribution in [0.5, 0.6) is 17.2 Å². The molecule has 1 aliphatic rings. The molecule has 0 amide bonds. The Kier molecular flexibility index (Phi) is 10.8. The number of halogens is 1. The van der Waals surface area contributed by atoms with E-state index in [0.29, 0.717) is 17.1 Å². The third-order valence-electron chi connectivity index (χ3n) is 8.51. The highest BCUT2D eigenvalue weighted by molar-refractivity contribution is 7.33. The average Bonchev–Trinajstić information content (AvgIpc) is 3.53. The third kappa shape index (κ3) is 7.38. The molecule has 11 nitrogen and oxygen atoms in total. The lowest BCUT2D eigenvalue weighted by Gasteiger charge is -2.37. The van der Waals surface area contributed by atoms with E-state index < -0.39 is 43.5 Å². The molecule has 1 aliphatic heterocycles. The van der Waals surface area contributed by atoms with Crippen LogP contribution in [-0.2, 0) is 24.2 Å². The van der Waals surface area contributed by atoms with E-state index in [1.807, 2.05) is 78.9 Å². The summed E-state index contributed by atoms with van der Waals surface area (Å²) in [5, 5.41) is 0.266. The number of nitrogens with one attached hydrogen (secondary N) is 1. The number of H-pyrrole nitrogens is 1. The van der Waals surface area contributed by atoms with Gasteiger partial charge in [-0.2, -0.15) is 0 Å². The predicted molar refractivity (Wildman–Crippen MR) is 187 cm³/mol. The Morgan fingerprint density at radius 2 is 1.44 bits per heavy atom. The van der Waals surface area contributed by atoms with Crippen molar-refractivity contribution < 1.29 is 32.6 Å². The van der Waals surface area contributed by atoms with E-state index in [0.717, 1.165) is 16.7 Å². The van der Waals surface area contributed by atoms with Gasteiger partial charge in [-0.3, -0.25) is 14.3 Å². The van der Waals surface area contributed by atoms with Crippen molar-refractivity contribution in [2.24, 2.45) is 0 Å². The van der Waals surface area contributed by atoms with Crippen LogP contribution in [0.2, 0.25) is 5.02 Å². The zero-order valence-corrected chi connectivity index (χ0v) is 29.1. The molecule has 0 radical (unpaired) electrons. The first-order chi connectivity index (χ1) is 24.2. The molecule has 0 spiro atoms. The molecule has 1 aromatic heterocycles. The van der Waals surface area contributed by atoms with Gasteiger partial charge >= 0.3 is 13.9 Å². The Labute approximate surface area is 294 Å². The zero-order valence-electron chi connectivity index (χ0n) is 27.5. The van der Waals surface area contributed by atoms with E-state index in [2.05, 4.69) is 4.98 Å². The van der Waals surface area contributed by atoms with Crippen LogP contribution in [0.25, 0.3) is 0 Å². The summed E-state index contributed by atoms with van der Waals surface area (Å²) in [5.41, 5.74) is 0.388. The maximum atomic E-state index is 13.3. The number of hydrogen-bond donors (Lipinski definition) is 1. The summed E-state index contributed by atoms with van der Waals surface area (Å²) in [6, 6.07) is 31.5. The van der Waals surface area contributed by atoms with Gasteiger partial charge in [0.05, 0.1) is 25.8 Å². The van der Waals surface area contributed by atoms with Gasteiger partial charge in [-0.1, -0.05) is 78.3 Å². The summed E-state index contributed by atoms with van der Waals surface area (Å²) in [6.07, 6.45) is -1.09. The maximum Gasteiger partial charge on any atom is 0.750 e. The summed E-state index contributed by atoms with van der Waals surface area (Å²) >= 11 is 6.24. The van der Waals surface area contributed by atoms with Crippen molar-refractivity contribution in [2.45, 2.75) is 37.4 Å². The largest absolute Gasteiger partial charge is 0.750 e. The highest BCUT2D eigenvalue weighted by Crippen LogP contribution is 2.44. The van der Waals surface area contributed by atoms with E-state index >= 15 is 0 Å². The van der Waals surface area contributed by atoms with Crippen LogP contribution >= 0.6 is 19.9 Å². The Morgan fingerprint density at radius 1 is 0.860 bits per heavy atom. The van der Waals surface area contributed by atoms with E-state index in [9.17, 15) is 14.2 Å². The summed E-state index contributed by atoms with van der Waals surface area (Å²) in [5.74, 6) is 1.53. The van der Waals surface area contributed by atoms with Gasteiger partial charge in [-0.05, 0) is 60.0 Å². The predicted octanol–water partition coefficient (Wildman–Crippen LogP) is 6.93. The number of methoxy groups -OCH3 is 2. The number of aromatic nitrogens is 2. The van der Waals surface area contributed by atoms with Gasteiger partial charge < -0.3 is 18.9 Å². The fraction of sp³-hybridized carbons (Fsp3) is 0.243. The monoisotopic (exact) mass is 717 g/mol. The van der Waals surface area contributed by atoms with Crippen molar-refractivity contribution in [3.63, 3.8) is 0 Å². The fourth-order valence-electron chi connectivity index (χ4n) is 5.94. The van der Waals surface area contributed by atoms with Gasteiger partial charge in [0, 0.05) is 22.7 Å². The Hall–Kier alpha value is -4.77. The molecule has 2 heterocycles. The second-order valence-electron chi connectivity index (χ2n) is 11.5. The fourth-order valence-corrected chi connectivity index (χ4v) is 6.98. The third-order valence-corrected chi connectivity index (χ3v) is 9.61. The quantitative estimate of drug-likeness (QED) is 0.102. The molecule has 1 N–H and O–H groups in total. The minimum absolute atomic E-state index is 0.0829. The minimum Gasteiger partial charge on any atom is -0.497 e. The van der Waals surface area contributed by atoms with Crippen LogP contribution in [0.1, 0.15) is 34.9 Å². The smallest absolute Gasteiger partial charge is 0.497 e. The molecule has 4 aromatic carbocycles. The zero-order chi connectivity index (χ0) is 35.3. The van der Waals surface area contributed by atoms with Crippen molar-refractivity contribution in [1.29, 1.82) is 0 Å². The van der Waals surface area contributed by atoms with Crippen molar-refractivity contribution in [3.8, 4) is 17.2 Å². The van der Waals surface area contributed by atoms with Gasteiger partial charge in [-0.15, -0.1) is 4.52 Å². The Morgan fingerprint density at radius 3 is 2.04 bits per heavy atom. The number of aryl methyl sites for hydroxylation is 1. The van der Waals surface area contributed by atoms with Crippen molar-refractivity contribution in [1.82, 2.24) is 9.55 Å². The molecule has 1 saturated heterocycles. The van der Waals surface area contributed by atoms with Gasteiger partial charge in [0.1, 0.15) is 35.5 Å². The Balaban J connectivity index is 1.39. The van der Waals surface area contributed by atoms with Crippen LogP contribution in [0, 0.1) is 6.92 Å².